The molecule has 0 saturated heterocycles. The molecule has 2 aromatic rings. The minimum atomic E-state index is -3.80. The zero-order valence-electron chi connectivity index (χ0n) is 9.82. The molecule has 2 heterocycles. The van der Waals surface area contributed by atoms with Gasteiger partial charge in [-0.1, -0.05) is 6.07 Å². The highest BCUT2D eigenvalue weighted by molar-refractivity contribution is 7.94. The molecule has 0 fully saturated rings. The molecule has 8 heteroatoms. The summed E-state index contributed by atoms with van der Waals surface area (Å²) < 4.78 is 26.3. The van der Waals surface area contributed by atoms with E-state index in [1.807, 2.05) is 0 Å². The molecule has 0 radical (unpaired) electrons. The normalized spacial score (nSPS) is 11.2. The fourth-order valence-electron chi connectivity index (χ4n) is 1.36. The molecular weight excluding hydrogens is 288 g/mol. The molecule has 100 valence electrons. The number of aryl methyl sites for hydroxylation is 1. The Morgan fingerprint density at radius 3 is 2.74 bits per heavy atom. The van der Waals surface area contributed by atoms with Gasteiger partial charge in [0, 0.05) is 11.1 Å². The predicted octanol–water partition coefficient (Wildman–Crippen LogP) is 1.95. The Kier molecular flexibility index (Phi) is 3.54. The Hall–Kier alpha value is -1.93. The van der Waals surface area contributed by atoms with E-state index in [4.69, 9.17) is 5.11 Å². The van der Waals surface area contributed by atoms with Gasteiger partial charge in [-0.25, -0.2) is 18.2 Å². The van der Waals surface area contributed by atoms with Gasteiger partial charge in [0.05, 0.1) is 5.56 Å². The number of aromatic nitrogens is 1. The monoisotopic (exact) mass is 298 g/mol. The van der Waals surface area contributed by atoms with Gasteiger partial charge in [-0.3, -0.25) is 4.72 Å². The number of nitrogens with one attached hydrogen (secondary N) is 1. The topological polar surface area (TPSA) is 96.4 Å². The molecular formula is C11H10N2O4S2. The number of sulfonamides is 1. The van der Waals surface area contributed by atoms with Crippen LogP contribution in [0.5, 0.6) is 0 Å². The average Bonchev–Trinajstić information content (AvgIpc) is 2.78. The number of carbonyl (C=O) groups is 1. The van der Waals surface area contributed by atoms with Gasteiger partial charge >= 0.3 is 5.97 Å². The first-order valence-corrected chi connectivity index (χ1v) is 7.53. The second-order valence-corrected chi connectivity index (χ2v) is 6.55. The van der Waals surface area contributed by atoms with Crippen LogP contribution in [0.25, 0.3) is 0 Å². The molecule has 0 saturated carbocycles. The Balaban J connectivity index is 2.29. The SMILES string of the molecule is Cc1cccc(NS(=O)(=O)c2cc(C(=O)O)cs2)n1. The van der Waals surface area contributed by atoms with E-state index in [9.17, 15) is 13.2 Å². The molecule has 0 amide bonds. The van der Waals surface area contributed by atoms with E-state index in [0.717, 1.165) is 17.4 Å². The molecule has 0 unspecified atom stereocenters. The summed E-state index contributed by atoms with van der Waals surface area (Å²) in [6, 6.07) is 6.06. The summed E-state index contributed by atoms with van der Waals surface area (Å²) in [5, 5.41) is 10.0. The standard InChI is InChI=1S/C11H10N2O4S2/c1-7-3-2-4-9(12-7)13-19(16,17)10-5-8(6-18-10)11(14)15/h2-6H,1H3,(H,12,13)(H,14,15). The number of rotatable bonds is 4. The second kappa shape index (κ2) is 4.98. The summed E-state index contributed by atoms with van der Waals surface area (Å²) in [6.45, 7) is 1.74. The van der Waals surface area contributed by atoms with E-state index in [-0.39, 0.29) is 15.6 Å². The Bertz CT molecular complexity index is 722. The minimum absolute atomic E-state index is 0.0532. The summed E-state index contributed by atoms with van der Waals surface area (Å²) in [4.78, 5) is 14.7. The number of hydrogen-bond donors (Lipinski definition) is 2. The van der Waals surface area contributed by atoms with Gasteiger partial charge in [-0.15, -0.1) is 11.3 Å². The lowest BCUT2D eigenvalue weighted by Gasteiger charge is -2.05. The maximum Gasteiger partial charge on any atom is 0.336 e. The van der Waals surface area contributed by atoms with Crippen LogP contribution >= 0.6 is 11.3 Å². The van der Waals surface area contributed by atoms with Gasteiger partial charge in [0.2, 0.25) is 0 Å². The van der Waals surface area contributed by atoms with Crippen molar-refractivity contribution in [3.63, 3.8) is 0 Å². The number of nitrogens with zero attached hydrogens (tertiary/aromatic N) is 1. The average molecular weight is 298 g/mol. The van der Waals surface area contributed by atoms with Crippen molar-refractivity contribution in [2.75, 3.05) is 4.72 Å². The predicted molar refractivity (Wildman–Crippen MR) is 71.1 cm³/mol. The van der Waals surface area contributed by atoms with Crippen LogP contribution < -0.4 is 4.72 Å². The maximum absolute atomic E-state index is 12.0. The molecule has 19 heavy (non-hydrogen) atoms. The van der Waals surface area contributed by atoms with Crippen molar-refractivity contribution >= 4 is 33.1 Å². The van der Waals surface area contributed by atoms with E-state index in [1.165, 1.54) is 11.4 Å². The number of carboxylic acid groups (broad SMARTS) is 1. The number of pyridine rings is 1. The van der Waals surface area contributed by atoms with Gasteiger partial charge in [-0.2, -0.15) is 0 Å². The van der Waals surface area contributed by atoms with E-state index in [1.54, 1.807) is 19.1 Å². The van der Waals surface area contributed by atoms with Crippen LogP contribution in [0.4, 0.5) is 5.82 Å². The van der Waals surface area contributed by atoms with Crippen LogP contribution in [0, 0.1) is 6.92 Å². The van der Waals surface area contributed by atoms with Crippen molar-refractivity contribution < 1.29 is 18.3 Å². The van der Waals surface area contributed by atoms with Crippen molar-refractivity contribution in [2.45, 2.75) is 11.1 Å². The number of thiophene rings is 1. The van der Waals surface area contributed by atoms with Crippen molar-refractivity contribution in [1.82, 2.24) is 4.98 Å². The molecule has 0 aliphatic rings. The first-order valence-electron chi connectivity index (χ1n) is 5.17. The van der Waals surface area contributed by atoms with Crippen LogP contribution in [0.3, 0.4) is 0 Å². The maximum atomic E-state index is 12.0. The molecule has 0 spiro atoms. The van der Waals surface area contributed by atoms with Crippen molar-refractivity contribution in [1.29, 1.82) is 0 Å². The highest BCUT2D eigenvalue weighted by Crippen LogP contribution is 2.22. The first kappa shape index (κ1) is 13.5. The third-order valence-electron chi connectivity index (χ3n) is 2.21. The van der Waals surface area contributed by atoms with Crippen molar-refractivity contribution in [2.24, 2.45) is 0 Å². The molecule has 0 aromatic carbocycles. The molecule has 0 atom stereocenters. The van der Waals surface area contributed by atoms with Gasteiger partial charge in [0.25, 0.3) is 10.0 Å². The summed E-state index contributed by atoms with van der Waals surface area (Å²) >= 11 is 0.849. The van der Waals surface area contributed by atoms with Gasteiger partial charge in [0.15, 0.2) is 0 Å². The van der Waals surface area contributed by atoms with E-state index >= 15 is 0 Å². The first-order chi connectivity index (χ1) is 8.88. The summed E-state index contributed by atoms with van der Waals surface area (Å²) in [7, 11) is -3.80. The third-order valence-corrected chi connectivity index (χ3v) is 5.01. The van der Waals surface area contributed by atoms with E-state index in [0.29, 0.717) is 5.69 Å². The smallest absolute Gasteiger partial charge is 0.336 e. The Labute approximate surface area is 113 Å². The Morgan fingerprint density at radius 1 is 1.42 bits per heavy atom. The lowest BCUT2D eigenvalue weighted by Crippen LogP contribution is -2.12. The number of anilines is 1. The van der Waals surface area contributed by atoms with Crippen LogP contribution in [-0.4, -0.2) is 24.5 Å². The molecule has 2 rings (SSSR count). The van der Waals surface area contributed by atoms with Crippen LogP contribution in [0.15, 0.2) is 33.9 Å². The van der Waals surface area contributed by atoms with Crippen LogP contribution in [0.2, 0.25) is 0 Å². The molecule has 2 aromatic heterocycles. The third kappa shape index (κ3) is 3.09. The number of carboxylic acids is 1. The lowest BCUT2D eigenvalue weighted by atomic mass is 10.4. The van der Waals surface area contributed by atoms with E-state index in [2.05, 4.69) is 9.71 Å². The summed E-state index contributed by atoms with van der Waals surface area (Å²) in [5.74, 6) is -0.961. The largest absolute Gasteiger partial charge is 0.478 e. The fourth-order valence-corrected chi connectivity index (χ4v) is 3.51. The zero-order chi connectivity index (χ0) is 14.0. The van der Waals surface area contributed by atoms with E-state index < -0.39 is 16.0 Å². The van der Waals surface area contributed by atoms with Crippen molar-refractivity contribution in [3.8, 4) is 0 Å². The Morgan fingerprint density at radius 2 is 2.16 bits per heavy atom. The summed E-state index contributed by atoms with van der Waals surface area (Å²) in [5.41, 5.74) is 0.625. The van der Waals surface area contributed by atoms with Crippen LogP contribution in [-0.2, 0) is 10.0 Å². The molecule has 6 nitrogen and oxygen atoms in total. The highest BCUT2D eigenvalue weighted by atomic mass is 32.2. The fraction of sp³-hybridized carbons (Fsp3) is 0.0909. The molecule has 0 aliphatic carbocycles. The number of aromatic carboxylic acids is 1. The number of hydrogen-bond acceptors (Lipinski definition) is 5. The lowest BCUT2D eigenvalue weighted by molar-refractivity contribution is 0.0697. The second-order valence-electron chi connectivity index (χ2n) is 3.73. The minimum Gasteiger partial charge on any atom is -0.478 e. The zero-order valence-corrected chi connectivity index (χ0v) is 11.5. The van der Waals surface area contributed by atoms with Crippen molar-refractivity contribution in [3.05, 3.63) is 40.9 Å². The molecule has 0 bridgehead atoms. The molecule has 0 aliphatic heterocycles. The van der Waals surface area contributed by atoms with Gasteiger partial charge in [-0.05, 0) is 25.1 Å². The van der Waals surface area contributed by atoms with Gasteiger partial charge < -0.3 is 5.11 Å². The quantitative estimate of drug-likeness (QED) is 0.899. The molecule has 2 N–H and O–H groups in total. The highest BCUT2D eigenvalue weighted by Gasteiger charge is 2.19. The van der Waals surface area contributed by atoms with Crippen LogP contribution in [0.1, 0.15) is 16.1 Å². The van der Waals surface area contributed by atoms with Gasteiger partial charge in [0.1, 0.15) is 10.0 Å². The summed E-state index contributed by atoms with van der Waals surface area (Å²) in [6.07, 6.45) is 0.